The Morgan fingerprint density at radius 1 is 1.37 bits per heavy atom. The maximum absolute atomic E-state index is 13.0. The van der Waals surface area contributed by atoms with E-state index in [-0.39, 0.29) is 17.5 Å². The van der Waals surface area contributed by atoms with Crippen molar-refractivity contribution < 1.29 is 9.18 Å². The third-order valence-corrected chi connectivity index (χ3v) is 3.59. The van der Waals surface area contributed by atoms with E-state index in [2.05, 4.69) is 5.18 Å². The van der Waals surface area contributed by atoms with Gasteiger partial charge in [0.2, 0.25) is 0 Å². The number of amides is 1. The average Bonchev–Trinajstić information content (AvgIpc) is 2.46. The number of nitroso groups, excluding NO2 is 1. The number of likely N-dealkylation sites (tertiary alicyclic amines) is 1. The van der Waals surface area contributed by atoms with E-state index < -0.39 is 6.30 Å². The van der Waals surface area contributed by atoms with Gasteiger partial charge in [-0.2, -0.15) is 0 Å². The van der Waals surface area contributed by atoms with Crippen molar-refractivity contribution in [2.75, 3.05) is 6.54 Å². The quantitative estimate of drug-likeness (QED) is 0.620. The molecule has 1 heterocycles. The molecule has 2 atom stereocenters. The molecule has 102 valence electrons. The first-order valence-corrected chi connectivity index (χ1v) is 6.51. The topological polar surface area (TPSA) is 49.7 Å². The van der Waals surface area contributed by atoms with Gasteiger partial charge in [-0.1, -0.05) is 12.1 Å². The number of nitrogens with zero attached hydrogens (tertiary/aromatic N) is 2. The van der Waals surface area contributed by atoms with Crippen LogP contribution in [0.15, 0.2) is 29.4 Å². The lowest BCUT2D eigenvalue weighted by Gasteiger charge is -2.33. The number of rotatable bonds is 3. The van der Waals surface area contributed by atoms with E-state index in [1.54, 1.807) is 12.1 Å². The Hall–Kier alpha value is -1.78. The van der Waals surface area contributed by atoms with E-state index in [4.69, 9.17) is 0 Å². The highest BCUT2D eigenvalue weighted by atomic mass is 19.1. The Balaban J connectivity index is 2.13. The van der Waals surface area contributed by atoms with Crippen LogP contribution in [0.5, 0.6) is 0 Å². The molecule has 1 aromatic rings. The van der Waals surface area contributed by atoms with Crippen LogP contribution in [0.1, 0.15) is 48.4 Å². The number of benzene rings is 1. The Morgan fingerprint density at radius 3 is 2.63 bits per heavy atom. The predicted molar refractivity (Wildman–Crippen MR) is 70.4 cm³/mol. The second kappa shape index (κ2) is 5.91. The fourth-order valence-electron chi connectivity index (χ4n) is 2.41. The van der Waals surface area contributed by atoms with Crippen LogP contribution in [0, 0.1) is 4.91 Å². The zero-order valence-corrected chi connectivity index (χ0v) is 10.9. The van der Waals surface area contributed by atoms with Crippen molar-refractivity contribution in [1.29, 1.82) is 0 Å². The normalized spacial score (nSPS) is 20.9. The first-order chi connectivity index (χ1) is 9.13. The largest absolute Gasteiger partial charge is 0.336 e. The van der Waals surface area contributed by atoms with Gasteiger partial charge in [-0.05, 0) is 43.5 Å². The van der Waals surface area contributed by atoms with Crippen LogP contribution < -0.4 is 0 Å². The maximum atomic E-state index is 13.0. The van der Waals surface area contributed by atoms with Gasteiger partial charge in [-0.3, -0.25) is 4.79 Å². The number of halogens is 1. The lowest BCUT2D eigenvalue weighted by molar-refractivity contribution is 0.0635. The van der Waals surface area contributed by atoms with Gasteiger partial charge in [0.25, 0.3) is 12.2 Å². The van der Waals surface area contributed by atoms with E-state index in [0.29, 0.717) is 5.56 Å². The molecule has 1 aromatic carbocycles. The van der Waals surface area contributed by atoms with Gasteiger partial charge in [0.15, 0.2) is 0 Å². The van der Waals surface area contributed by atoms with Crippen molar-refractivity contribution in [2.45, 2.75) is 38.5 Å². The molecule has 19 heavy (non-hydrogen) atoms. The fourth-order valence-corrected chi connectivity index (χ4v) is 2.41. The fraction of sp³-hybridized carbons (Fsp3) is 0.500. The Labute approximate surface area is 111 Å². The Bertz CT molecular complexity index is 461. The monoisotopic (exact) mass is 264 g/mol. The number of alkyl halides is 1. The summed E-state index contributed by atoms with van der Waals surface area (Å²) in [6.07, 6.45) is 1.33. The van der Waals surface area contributed by atoms with Crippen molar-refractivity contribution >= 4 is 5.91 Å². The Morgan fingerprint density at radius 2 is 2.05 bits per heavy atom. The van der Waals surface area contributed by atoms with Gasteiger partial charge in [-0.25, -0.2) is 4.39 Å². The smallest absolute Gasteiger partial charge is 0.255 e. The van der Waals surface area contributed by atoms with Gasteiger partial charge < -0.3 is 4.90 Å². The summed E-state index contributed by atoms with van der Waals surface area (Å²) in [5, 5.41) is 2.32. The van der Waals surface area contributed by atoms with Crippen LogP contribution in [0.4, 0.5) is 4.39 Å². The summed E-state index contributed by atoms with van der Waals surface area (Å²) in [6.45, 7) is 2.81. The molecule has 1 fully saturated rings. The number of carbonyl (C=O) groups excluding carboxylic acids is 1. The second-order valence-corrected chi connectivity index (χ2v) is 4.91. The second-order valence-electron chi connectivity index (χ2n) is 4.91. The number of hydrogen-bond donors (Lipinski definition) is 0. The highest BCUT2D eigenvalue weighted by Crippen LogP contribution is 2.22. The van der Waals surface area contributed by atoms with E-state index in [1.165, 1.54) is 12.1 Å². The minimum Gasteiger partial charge on any atom is -0.336 e. The van der Waals surface area contributed by atoms with Gasteiger partial charge in [0.05, 0.1) is 0 Å². The summed E-state index contributed by atoms with van der Waals surface area (Å²) >= 11 is 0. The van der Waals surface area contributed by atoms with E-state index >= 15 is 0 Å². The molecule has 1 saturated heterocycles. The predicted octanol–water partition coefficient (Wildman–Crippen LogP) is 3.44. The molecule has 1 aliphatic rings. The molecular formula is C14H17FN2O2. The standard InChI is InChI=1S/C14H17FN2O2/c1-10-4-2-3-9-17(10)14(18)12-7-5-11(6-8-12)13(15)16-19/h5-8,10,13H,2-4,9H2,1H3. The Kier molecular flexibility index (Phi) is 4.24. The molecule has 0 spiro atoms. The molecule has 0 aliphatic carbocycles. The van der Waals surface area contributed by atoms with E-state index in [1.807, 2.05) is 11.8 Å². The van der Waals surface area contributed by atoms with Crippen LogP contribution in [-0.2, 0) is 0 Å². The molecule has 0 aromatic heterocycles. The first-order valence-electron chi connectivity index (χ1n) is 6.51. The van der Waals surface area contributed by atoms with Crippen molar-refractivity contribution in [3.63, 3.8) is 0 Å². The molecule has 0 N–H and O–H groups in total. The van der Waals surface area contributed by atoms with E-state index in [0.717, 1.165) is 25.8 Å². The highest BCUT2D eigenvalue weighted by Gasteiger charge is 2.24. The molecule has 4 nitrogen and oxygen atoms in total. The van der Waals surface area contributed by atoms with Crippen molar-refractivity contribution in [2.24, 2.45) is 5.18 Å². The number of hydrogen-bond acceptors (Lipinski definition) is 3. The molecule has 1 amide bonds. The van der Waals surface area contributed by atoms with Crippen molar-refractivity contribution in [3.05, 3.63) is 40.3 Å². The maximum Gasteiger partial charge on any atom is 0.255 e. The average molecular weight is 264 g/mol. The van der Waals surface area contributed by atoms with Gasteiger partial charge in [-0.15, -0.1) is 4.91 Å². The zero-order valence-electron chi connectivity index (χ0n) is 10.9. The van der Waals surface area contributed by atoms with Crippen molar-refractivity contribution in [1.82, 2.24) is 4.90 Å². The van der Waals surface area contributed by atoms with Crippen LogP contribution in [0.25, 0.3) is 0 Å². The van der Waals surface area contributed by atoms with Gasteiger partial charge in [0, 0.05) is 23.7 Å². The highest BCUT2D eigenvalue weighted by molar-refractivity contribution is 5.94. The number of piperidine rings is 1. The summed E-state index contributed by atoms with van der Waals surface area (Å²) in [5.41, 5.74) is 0.703. The lowest BCUT2D eigenvalue weighted by atomic mass is 10.0. The minimum absolute atomic E-state index is 0.0341. The molecule has 0 radical (unpaired) electrons. The third-order valence-electron chi connectivity index (χ3n) is 3.59. The molecule has 2 unspecified atom stereocenters. The molecule has 1 aliphatic heterocycles. The summed E-state index contributed by atoms with van der Waals surface area (Å²) < 4.78 is 13.0. The first kappa shape index (κ1) is 13.6. The van der Waals surface area contributed by atoms with Gasteiger partial charge >= 0.3 is 0 Å². The van der Waals surface area contributed by atoms with E-state index in [9.17, 15) is 14.1 Å². The van der Waals surface area contributed by atoms with Gasteiger partial charge in [0.1, 0.15) is 0 Å². The van der Waals surface area contributed by atoms with Crippen LogP contribution in [-0.4, -0.2) is 23.4 Å². The SMILES string of the molecule is CC1CCCCN1C(=O)c1ccc(C(F)N=O)cc1. The molecule has 0 bridgehead atoms. The summed E-state index contributed by atoms with van der Waals surface area (Å²) in [6, 6.07) is 6.22. The lowest BCUT2D eigenvalue weighted by Crippen LogP contribution is -2.42. The zero-order chi connectivity index (χ0) is 13.8. The third kappa shape index (κ3) is 2.97. The minimum atomic E-state index is -1.86. The van der Waals surface area contributed by atoms with Crippen molar-refractivity contribution in [3.8, 4) is 0 Å². The molecule has 0 saturated carbocycles. The number of carbonyl (C=O) groups is 1. The van der Waals surface area contributed by atoms with Crippen LogP contribution >= 0.6 is 0 Å². The van der Waals surface area contributed by atoms with Crippen LogP contribution in [0.3, 0.4) is 0 Å². The summed E-state index contributed by atoms with van der Waals surface area (Å²) in [7, 11) is 0. The molecular weight excluding hydrogens is 247 g/mol. The van der Waals surface area contributed by atoms with Crippen LogP contribution in [0.2, 0.25) is 0 Å². The summed E-state index contributed by atoms with van der Waals surface area (Å²) in [4.78, 5) is 24.3. The molecule has 5 heteroatoms. The molecule has 2 rings (SSSR count). The summed E-state index contributed by atoms with van der Waals surface area (Å²) in [5.74, 6) is -0.0341.